The highest BCUT2D eigenvalue weighted by Gasteiger charge is 2.25. The number of nitro groups is 1. The van der Waals surface area contributed by atoms with E-state index in [-0.39, 0.29) is 5.82 Å². The number of aromatic nitrogens is 2. The van der Waals surface area contributed by atoms with E-state index < -0.39 is 22.2 Å². The second-order valence-corrected chi connectivity index (χ2v) is 6.19. The Labute approximate surface area is 158 Å². The Bertz CT molecular complexity index is 1260. The molecule has 3 aromatic heterocycles. The Kier molecular flexibility index (Phi) is 4.19. The second kappa shape index (κ2) is 6.69. The van der Waals surface area contributed by atoms with Gasteiger partial charge in [-0.1, -0.05) is 18.2 Å². The van der Waals surface area contributed by atoms with E-state index in [4.69, 9.17) is 9.15 Å². The van der Waals surface area contributed by atoms with Crippen molar-refractivity contribution in [2.75, 3.05) is 12.4 Å². The van der Waals surface area contributed by atoms with E-state index in [1.54, 1.807) is 38.3 Å². The number of methoxy groups -OCH3 is 1. The second-order valence-electron chi connectivity index (χ2n) is 6.19. The molecule has 0 aliphatic rings. The third-order valence-electron chi connectivity index (χ3n) is 4.42. The lowest BCUT2D eigenvalue weighted by atomic mass is 10.2. The van der Waals surface area contributed by atoms with Gasteiger partial charge >= 0.3 is 11.2 Å². The number of nitrogens with one attached hydrogen (secondary N) is 1. The van der Waals surface area contributed by atoms with Crippen LogP contribution in [0.3, 0.4) is 0 Å². The van der Waals surface area contributed by atoms with E-state index in [2.05, 4.69) is 10.3 Å². The van der Waals surface area contributed by atoms with Crippen molar-refractivity contribution in [3.63, 3.8) is 0 Å². The minimum atomic E-state index is -0.753. The third-order valence-corrected chi connectivity index (χ3v) is 4.42. The number of rotatable bonds is 5. The molecule has 28 heavy (non-hydrogen) atoms. The van der Waals surface area contributed by atoms with Gasteiger partial charge in [0.25, 0.3) is 0 Å². The number of pyridine rings is 1. The Morgan fingerprint density at radius 1 is 1.29 bits per heavy atom. The molecule has 142 valence electrons. The van der Waals surface area contributed by atoms with Crippen LogP contribution in [0.15, 0.2) is 57.9 Å². The fourth-order valence-electron chi connectivity index (χ4n) is 3.05. The van der Waals surface area contributed by atoms with Crippen LogP contribution in [0.2, 0.25) is 0 Å². The molecule has 0 spiro atoms. The monoisotopic (exact) mass is 380 g/mol. The zero-order valence-electron chi connectivity index (χ0n) is 15.1. The van der Waals surface area contributed by atoms with Crippen LogP contribution in [0.25, 0.3) is 16.6 Å². The van der Waals surface area contributed by atoms with Crippen LogP contribution in [-0.4, -0.2) is 21.4 Å². The summed E-state index contributed by atoms with van der Waals surface area (Å²) in [5, 5.41) is 15.3. The Morgan fingerprint density at radius 3 is 2.86 bits per heavy atom. The van der Waals surface area contributed by atoms with Crippen LogP contribution < -0.4 is 15.6 Å². The number of furan rings is 1. The van der Waals surface area contributed by atoms with Crippen molar-refractivity contribution >= 4 is 28.1 Å². The van der Waals surface area contributed by atoms with Crippen molar-refractivity contribution in [2.24, 2.45) is 0 Å². The summed E-state index contributed by atoms with van der Waals surface area (Å²) in [4.78, 5) is 27.6. The van der Waals surface area contributed by atoms with Gasteiger partial charge in [-0.3, -0.25) is 19.3 Å². The SMILES string of the molecule is COc1cccc2cc(C(C)Nc3nc4ccccn4c(=O)c3[N+](=O)[O-])oc12. The molecule has 1 N–H and O–H groups in total. The molecule has 0 fully saturated rings. The number of hydrogen-bond donors (Lipinski definition) is 1. The molecule has 1 unspecified atom stereocenters. The van der Waals surface area contributed by atoms with E-state index in [0.29, 0.717) is 22.7 Å². The average Bonchev–Trinajstić information content (AvgIpc) is 3.12. The molecule has 9 nitrogen and oxygen atoms in total. The molecule has 0 saturated heterocycles. The van der Waals surface area contributed by atoms with Crippen molar-refractivity contribution in [1.82, 2.24) is 9.38 Å². The van der Waals surface area contributed by atoms with Crippen LogP contribution in [-0.2, 0) is 0 Å². The highest BCUT2D eigenvalue weighted by molar-refractivity contribution is 5.84. The van der Waals surface area contributed by atoms with Crippen LogP contribution >= 0.6 is 0 Å². The van der Waals surface area contributed by atoms with Gasteiger partial charge in [-0.25, -0.2) is 4.98 Å². The largest absolute Gasteiger partial charge is 0.493 e. The summed E-state index contributed by atoms with van der Waals surface area (Å²) in [7, 11) is 1.55. The van der Waals surface area contributed by atoms with Gasteiger partial charge in [-0.2, -0.15) is 0 Å². The molecular weight excluding hydrogens is 364 g/mol. The summed E-state index contributed by atoms with van der Waals surface area (Å²) in [6, 6.07) is 11.8. The number of anilines is 1. The Balaban J connectivity index is 1.78. The maximum Gasteiger partial charge on any atom is 0.376 e. The van der Waals surface area contributed by atoms with Crippen molar-refractivity contribution in [2.45, 2.75) is 13.0 Å². The van der Waals surface area contributed by atoms with E-state index >= 15 is 0 Å². The van der Waals surface area contributed by atoms with Crippen LogP contribution in [0.1, 0.15) is 18.7 Å². The lowest BCUT2D eigenvalue weighted by Crippen LogP contribution is -2.22. The van der Waals surface area contributed by atoms with E-state index in [1.165, 1.54) is 6.20 Å². The fourth-order valence-corrected chi connectivity index (χ4v) is 3.05. The zero-order chi connectivity index (χ0) is 19.8. The quantitative estimate of drug-likeness (QED) is 0.416. The van der Waals surface area contributed by atoms with Gasteiger partial charge in [0.05, 0.1) is 18.1 Å². The smallest absolute Gasteiger partial charge is 0.376 e. The molecule has 0 radical (unpaired) electrons. The van der Waals surface area contributed by atoms with Crippen molar-refractivity contribution < 1.29 is 14.1 Å². The average molecular weight is 380 g/mol. The molecule has 0 aliphatic carbocycles. The Morgan fingerprint density at radius 2 is 2.11 bits per heavy atom. The number of fused-ring (bicyclic) bond motifs is 2. The molecular formula is C19H16N4O5. The topological polar surface area (TPSA) is 112 Å². The first-order chi connectivity index (χ1) is 13.5. The number of para-hydroxylation sites is 1. The summed E-state index contributed by atoms with van der Waals surface area (Å²) in [5.41, 5.74) is -0.491. The number of nitrogens with zero attached hydrogens (tertiary/aromatic N) is 3. The zero-order valence-corrected chi connectivity index (χ0v) is 15.1. The minimum Gasteiger partial charge on any atom is -0.493 e. The lowest BCUT2D eigenvalue weighted by molar-refractivity contribution is -0.385. The van der Waals surface area contributed by atoms with Crippen LogP contribution in [0.5, 0.6) is 5.75 Å². The highest BCUT2D eigenvalue weighted by Crippen LogP contribution is 2.32. The summed E-state index contributed by atoms with van der Waals surface area (Å²) < 4.78 is 12.3. The summed E-state index contributed by atoms with van der Waals surface area (Å²) in [6.07, 6.45) is 1.44. The fraction of sp³-hybridized carbons (Fsp3) is 0.158. The molecule has 0 saturated carbocycles. The first-order valence-corrected chi connectivity index (χ1v) is 8.48. The first kappa shape index (κ1) is 17.5. The third kappa shape index (κ3) is 2.82. The van der Waals surface area contributed by atoms with Gasteiger partial charge in [0, 0.05) is 11.6 Å². The van der Waals surface area contributed by atoms with Gasteiger partial charge in [-0.05, 0) is 31.2 Å². The lowest BCUT2D eigenvalue weighted by Gasteiger charge is -2.12. The van der Waals surface area contributed by atoms with E-state index in [0.717, 1.165) is 9.79 Å². The van der Waals surface area contributed by atoms with Crippen molar-refractivity contribution in [3.8, 4) is 5.75 Å². The predicted molar refractivity (Wildman–Crippen MR) is 103 cm³/mol. The Hall–Kier alpha value is -3.88. The maximum atomic E-state index is 12.5. The standard InChI is InChI=1S/C19H16N4O5/c1-11(14-10-12-6-5-7-13(27-2)17(12)28-14)20-18-16(23(25)26)19(24)22-9-4-3-8-15(22)21-18/h3-11,20H,1-2H3. The summed E-state index contributed by atoms with van der Waals surface area (Å²) in [5.74, 6) is 1.01. The van der Waals surface area contributed by atoms with Crippen molar-refractivity contribution in [3.05, 3.63) is 74.9 Å². The van der Waals surface area contributed by atoms with Gasteiger partial charge in [-0.15, -0.1) is 0 Å². The molecule has 4 aromatic rings. The van der Waals surface area contributed by atoms with Gasteiger partial charge in [0.1, 0.15) is 11.4 Å². The normalized spacial score (nSPS) is 12.2. The molecule has 1 aromatic carbocycles. The maximum absolute atomic E-state index is 12.5. The molecule has 0 aliphatic heterocycles. The van der Waals surface area contributed by atoms with Gasteiger partial charge < -0.3 is 14.5 Å². The number of hydrogen-bond acceptors (Lipinski definition) is 7. The van der Waals surface area contributed by atoms with Gasteiger partial charge in [0.15, 0.2) is 11.3 Å². The molecule has 1 atom stereocenters. The molecule has 3 heterocycles. The molecule has 0 amide bonds. The molecule has 0 bridgehead atoms. The summed E-state index contributed by atoms with van der Waals surface area (Å²) in [6.45, 7) is 1.77. The number of benzene rings is 1. The van der Waals surface area contributed by atoms with E-state index in [9.17, 15) is 14.9 Å². The van der Waals surface area contributed by atoms with E-state index in [1.807, 2.05) is 18.2 Å². The summed E-state index contributed by atoms with van der Waals surface area (Å²) >= 11 is 0. The number of ether oxygens (including phenoxy) is 1. The van der Waals surface area contributed by atoms with Crippen LogP contribution in [0, 0.1) is 10.1 Å². The highest BCUT2D eigenvalue weighted by atomic mass is 16.6. The molecule has 4 rings (SSSR count). The predicted octanol–water partition coefficient (Wildman–Crippen LogP) is 3.53. The van der Waals surface area contributed by atoms with Gasteiger partial charge in [0.2, 0.25) is 5.82 Å². The molecule has 9 heteroatoms. The van der Waals surface area contributed by atoms with Crippen molar-refractivity contribution in [1.29, 1.82) is 0 Å². The first-order valence-electron chi connectivity index (χ1n) is 8.48. The van der Waals surface area contributed by atoms with Crippen LogP contribution in [0.4, 0.5) is 11.5 Å². The minimum absolute atomic E-state index is 0.110.